The first-order valence-electron chi connectivity index (χ1n) is 8.69. The third-order valence-electron chi connectivity index (χ3n) is 4.88. The molecule has 2 aliphatic rings. The lowest BCUT2D eigenvalue weighted by atomic mass is 9.95. The van der Waals surface area contributed by atoms with Gasteiger partial charge in [-0.2, -0.15) is 0 Å². The number of imidazole rings is 1. The Morgan fingerprint density at radius 1 is 1.30 bits per heavy atom. The van der Waals surface area contributed by atoms with Crippen molar-refractivity contribution in [3.8, 4) is 0 Å². The molecular weight excluding hydrogens is 292 g/mol. The molecule has 1 saturated carbocycles. The minimum absolute atomic E-state index is 0.00311. The molecule has 0 bridgehead atoms. The lowest BCUT2D eigenvalue weighted by Gasteiger charge is -2.32. The summed E-state index contributed by atoms with van der Waals surface area (Å²) in [6.45, 7) is 5.42. The van der Waals surface area contributed by atoms with Crippen LogP contribution in [0.4, 0.5) is 0 Å². The van der Waals surface area contributed by atoms with E-state index in [1.807, 2.05) is 18.7 Å². The fourth-order valence-corrected chi connectivity index (χ4v) is 3.21. The second kappa shape index (κ2) is 6.72. The molecular formula is C17H26N4O2. The van der Waals surface area contributed by atoms with Gasteiger partial charge in [0.15, 0.2) is 0 Å². The van der Waals surface area contributed by atoms with Gasteiger partial charge >= 0.3 is 0 Å². The van der Waals surface area contributed by atoms with Gasteiger partial charge in [0, 0.05) is 36.8 Å². The van der Waals surface area contributed by atoms with Crippen molar-refractivity contribution in [3.05, 3.63) is 17.7 Å². The molecule has 126 valence electrons. The van der Waals surface area contributed by atoms with E-state index in [9.17, 15) is 9.59 Å². The summed E-state index contributed by atoms with van der Waals surface area (Å²) in [5.74, 6) is 1.47. The summed E-state index contributed by atoms with van der Waals surface area (Å²) in [6.07, 6.45) is 6.19. The molecule has 1 aromatic heterocycles. The number of hydrogen-bond acceptors (Lipinski definition) is 3. The highest BCUT2D eigenvalue weighted by molar-refractivity contribution is 5.82. The van der Waals surface area contributed by atoms with Gasteiger partial charge in [-0.1, -0.05) is 6.92 Å². The number of aromatic nitrogens is 2. The average molecular weight is 318 g/mol. The molecule has 0 unspecified atom stereocenters. The first-order chi connectivity index (χ1) is 11.1. The number of nitrogens with one attached hydrogen (secondary N) is 2. The summed E-state index contributed by atoms with van der Waals surface area (Å²) >= 11 is 0. The fraction of sp³-hybridized carbons (Fsp3) is 0.706. The Hall–Kier alpha value is -1.85. The second-order valence-electron chi connectivity index (χ2n) is 6.79. The second-order valence-corrected chi connectivity index (χ2v) is 6.79. The number of hydrogen-bond donors (Lipinski definition) is 2. The lowest BCUT2D eigenvalue weighted by Crippen LogP contribution is -2.44. The summed E-state index contributed by atoms with van der Waals surface area (Å²) in [4.78, 5) is 34.0. The van der Waals surface area contributed by atoms with Crippen molar-refractivity contribution >= 4 is 11.8 Å². The van der Waals surface area contributed by atoms with E-state index in [2.05, 4.69) is 15.3 Å². The molecule has 1 saturated heterocycles. The number of nitrogens with zero attached hydrogens (tertiary/aromatic N) is 2. The summed E-state index contributed by atoms with van der Waals surface area (Å²) in [5, 5.41) is 3.11. The van der Waals surface area contributed by atoms with E-state index in [1.165, 1.54) is 0 Å². The van der Waals surface area contributed by atoms with Crippen LogP contribution in [0.25, 0.3) is 0 Å². The minimum atomic E-state index is -0.0673. The molecule has 0 spiro atoms. The van der Waals surface area contributed by atoms with E-state index < -0.39 is 0 Å². The lowest BCUT2D eigenvalue weighted by molar-refractivity contribution is -0.136. The van der Waals surface area contributed by atoms with Crippen LogP contribution in [0, 0.1) is 18.8 Å². The van der Waals surface area contributed by atoms with E-state index >= 15 is 0 Å². The summed E-state index contributed by atoms with van der Waals surface area (Å²) in [5.41, 5.74) is 1.000. The SMILES string of the molecule is CC[C@@H](NC(=O)C1CCN(C(=O)C2CC2)CC1)c1ncc(C)[nH]1. The predicted octanol–water partition coefficient (Wildman–Crippen LogP) is 1.93. The van der Waals surface area contributed by atoms with Crippen molar-refractivity contribution in [2.45, 2.75) is 52.0 Å². The van der Waals surface area contributed by atoms with E-state index in [0.29, 0.717) is 19.0 Å². The van der Waals surface area contributed by atoms with Crippen LogP contribution in [-0.2, 0) is 9.59 Å². The maximum Gasteiger partial charge on any atom is 0.225 e. The molecule has 2 heterocycles. The van der Waals surface area contributed by atoms with E-state index in [-0.39, 0.29) is 23.8 Å². The number of rotatable bonds is 5. The summed E-state index contributed by atoms with van der Waals surface area (Å²) in [7, 11) is 0. The van der Waals surface area contributed by atoms with Gasteiger partial charge in [-0.25, -0.2) is 4.98 Å². The number of amides is 2. The quantitative estimate of drug-likeness (QED) is 0.871. The minimum Gasteiger partial charge on any atom is -0.346 e. The van der Waals surface area contributed by atoms with Crippen LogP contribution in [-0.4, -0.2) is 39.8 Å². The van der Waals surface area contributed by atoms with Crippen molar-refractivity contribution < 1.29 is 9.59 Å². The Labute approximate surface area is 137 Å². The highest BCUT2D eigenvalue weighted by Gasteiger charge is 2.36. The molecule has 2 amide bonds. The number of aryl methyl sites for hydroxylation is 1. The van der Waals surface area contributed by atoms with Crippen LogP contribution < -0.4 is 5.32 Å². The monoisotopic (exact) mass is 318 g/mol. The van der Waals surface area contributed by atoms with E-state index in [4.69, 9.17) is 0 Å². The van der Waals surface area contributed by atoms with Gasteiger partial charge in [-0.15, -0.1) is 0 Å². The number of likely N-dealkylation sites (tertiary alicyclic amines) is 1. The summed E-state index contributed by atoms with van der Waals surface area (Å²) in [6, 6.07) is -0.0673. The molecule has 1 atom stereocenters. The van der Waals surface area contributed by atoms with Crippen LogP contribution in [0.2, 0.25) is 0 Å². The van der Waals surface area contributed by atoms with Gasteiger partial charge in [-0.3, -0.25) is 9.59 Å². The molecule has 2 fully saturated rings. The Morgan fingerprint density at radius 3 is 2.52 bits per heavy atom. The predicted molar refractivity (Wildman–Crippen MR) is 86.5 cm³/mol. The fourth-order valence-electron chi connectivity index (χ4n) is 3.21. The number of carbonyl (C=O) groups excluding carboxylic acids is 2. The largest absolute Gasteiger partial charge is 0.346 e. The first kappa shape index (κ1) is 16.0. The van der Waals surface area contributed by atoms with Crippen LogP contribution >= 0.6 is 0 Å². The smallest absolute Gasteiger partial charge is 0.225 e. The van der Waals surface area contributed by atoms with Crippen molar-refractivity contribution in [1.29, 1.82) is 0 Å². The van der Waals surface area contributed by atoms with E-state index in [1.54, 1.807) is 6.20 Å². The first-order valence-corrected chi connectivity index (χ1v) is 8.69. The van der Waals surface area contributed by atoms with Gasteiger partial charge in [0.25, 0.3) is 0 Å². The van der Waals surface area contributed by atoms with Crippen LogP contribution in [0.1, 0.15) is 56.6 Å². The molecule has 6 heteroatoms. The normalized spacial score (nSPS) is 20.3. The van der Waals surface area contributed by atoms with Crippen LogP contribution in [0.3, 0.4) is 0 Å². The zero-order chi connectivity index (χ0) is 16.4. The van der Waals surface area contributed by atoms with Gasteiger partial charge < -0.3 is 15.2 Å². The molecule has 1 aromatic rings. The third kappa shape index (κ3) is 3.74. The van der Waals surface area contributed by atoms with Gasteiger partial charge in [0.1, 0.15) is 5.82 Å². The Morgan fingerprint density at radius 2 is 2.00 bits per heavy atom. The van der Waals surface area contributed by atoms with Gasteiger partial charge in [0.2, 0.25) is 11.8 Å². The third-order valence-corrected chi connectivity index (χ3v) is 4.88. The number of carbonyl (C=O) groups is 2. The van der Waals surface area contributed by atoms with Gasteiger partial charge in [0.05, 0.1) is 6.04 Å². The van der Waals surface area contributed by atoms with E-state index in [0.717, 1.165) is 43.6 Å². The molecule has 3 rings (SSSR count). The Bertz CT molecular complexity index is 571. The molecule has 23 heavy (non-hydrogen) atoms. The molecule has 0 aromatic carbocycles. The Kier molecular flexibility index (Phi) is 4.68. The van der Waals surface area contributed by atoms with Crippen LogP contribution in [0.5, 0.6) is 0 Å². The zero-order valence-corrected chi connectivity index (χ0v) is 14.0. The average Bonchev–Trinajstić information content (AvgIpc) is 3.33. The molecule has 0 radical (unpaired) electrons. The van der Waals surface area contributed by atoms with Crippen molar-refractivity contribution in [2.24, 2.45) is 11.8 Å². The summed E-state index contributed by atoms with van der Waals surface area (Å²) < 4.78 is 0. The standard InChI is InChI=1S/C17H26N4O2/c1-3-14(15-18-10-11(2)19-15)20-16(22)12-6-8-21(9-7-12)17(23)13-4-5-13/h10,12-14H,3-9H2,1-2H3,(H,18,19)(H,20,22)/t14-/m1/s1. The maximum atomic E-state index is 12.5. The number of H-pyrrole nitrogens is 1. The van der Waals surface area contributed by atoms with Crippen LogP contribution in [0.15, 0.2) is 6.20 Å². The zero-order valence-electron chi connectivity index (χ0n) is 14.0. The van der Waals surface area contributed by atoms with Gasteiger partial charge in [-0.05, 0) is 39.0 Å². The van der Waals surface area contributed by atoms with Crippen molar-refractivity contribution in [3.63, 3.8) is 0 Å². The van der Waals surface area contributed by atoms with Crippen molar-refractivity contribution in [1.82, 2.24) is 20.2 Å². The number of aromatic amines is 1. The molecule has 1 aliphatic heterocycles. The highest BCUT2D eigenvalue weighted by atomic mass is 16.2. The molecule has 6 nitrogen and oxygen atoms in total. The Balaban J connectivity index is 1.51. The number of piperidine rings is 1. The van der Waals surface area contributed by atoms with Crippen molar-refractivity contribution in [2.75, 3.05) is 13.1 Å². The molecule has 2 N–H and O–H groups in total. The maximum absolute atomic E-state index is 12.5. The highest BCUT2D eigenvalue weighted by Crippen LogP contribution is 2.32. The topological polar surface area (TPSA) is 78.1 Å². The molecule has 1 aliphatic carbocycles.